The second kappa shape index (κ2) is 11.2. The first-order valence-corrected chi connectivity index (χ1v) is 14.0. The number of hydrogen-bond acceptors (Lipinski definition) is 1. The molecule has 0 aromatic carbocycles. The lowest BCUT2D eigenvalue weighted by atomic mass is 9.47. The smallest absolute Gasteiger partial charge is 0.0616 e. The molecule has 0 saturated heterocycles. The highest BCUT2D eigenvalue weighted by atomic mass is 16.5. The van der Waals surface area contributed by atoms with Crippen LogP contribution < -0.4 is 0 Å². The van der Waals surface area contributed by atoms with Gasteiger partial charge in [-0.3, -0.25) is 0 Å². The Balaban J connectivity index is 0.00000193. The quantitative estimate of drug-likeness (QED) is 0.343. The molecule has 3 fully saturated rings. The van der Waals surface area contributed by atoms with Gasteiger partial charge in [-0.1, -0.05) is 80.4 Å². The molecule has 8 atom stereocenters. The first-order chi connectivity index (χ1) is 14.6. The zero-order valence-corrected chi connectivity index (χ0v) is 21.9. The zero-order chi connectivity index (χ0) is 22.4. The molecule has 1 nitrogen and oxygen atoms in total. The van der Waals surface area contributed by atoms with E-state index in [0.717, 1.165) is 35.5 Å². The molecule has 4 aliphatic rings. The van der Waals surface area contributed by atoms with Crippen LogP contribution in [-0.2, 0) is 4.74 Å². The summed E-state index contributed by atoms with van der Waals surface area (Å²) in [5.41, 5.74) is 2.84. The van der Waals surface area contributed by atoms with Gasteiger partial charge in [-0.15, -0.1) is 0 Å². The number of rotatable bonds is 7. The van der Waals surface area contributed by atoms with Crippen molar-refractivity contribution in [2.75, 3.05) is 0 Å². The summed E-state index contributed by atoms with van der Waals surface area (Å²) in [4.78, 5) is 0. The van der Waals surface area contributed by atoms with E-state index >= 15 is 0 Å². The van der Waals surface area contributed by atoms with E-state index in [4.69, 9.17) is 4.74 Å². The van der Waals surface area contributed by atoms with Crippen molar-refractivity contribution in [2.45, 2.75) is 146 Å². The molecular weight excluding hydrogens is 400 g/mol. The van der Waals surface area contributed by atoms with E-state index in [1.807, 2.05) is 0 Å². The minimum absolute atomic E-state index is 0. The van der Waals surface area contributed by atoms with Crippen LogP contribution in [0.4, 0.5) is 0 Å². The van der Waals surface area contributed by atoms with E-state index in [9.17, 15) is 0 Å². The number of ether oxygens (including phenoxy) is 1. The van der Waals surface area contributed by atoms with Gasteiger partial charge in [-0.25, -0.2) is 0 Å². The predicted molar refractivity (Wildman–Crippen MR) is 147 cm³/mol. The standard InChI is InChI=1S/C30H52O.2CH4/c1-20(2)9-8-10-22(5)26-13-14-27-25-12-11-23-19-24(31-21(3)4)15-17-29(23,6)28(25)16-18-30(26,27)7;;/h11,20-22,24-28H,8-10,12-19H2,1-7H3;2*1H4/t22?,24-,25?,26?,27?,28?,29?,30?;;/m0../s1. The third kappa shape index (κ3) is 5.44. The van der Waals surface area contributed by atoms with E-state index in [0.29, 0.717) is 23.0 Å². The van der Waals surface area contributed by atoms with Crippen molar-refractivity contribution in [1.29, 1.82) is 0 Å². The van der Waals surface area contributed by atoms with Gasteiger partial charge in [0.1, 0.15) is 0 Å². The second-order valence-electron chi connectivity index (χ2n) is 13.3. The highest BCUT2D eigenvalue weighted by molar-refractivity contribution is 5.25. The lowest BCUT2D eigenvalue weighted by Crippen LogP contribution is -2.51. The molecule has 4 rings (SSSR count). The molecule has 0 heterocycles. The maximum absolute atomic E-state index is 6.25. The van der Waals surface area contributed by atoms with Gasteiger partial charge in [0.2, 0.25) is 0 Å². The molecule has 4 aliphatic carbocycles. The van der Waals surface area contributed by atoms with E-state index < -0.39 is 0 Å². The summed E-state index contributed by atoms with van der Waals surface area (Å²) in [5, 5.41) is 0. The minimum atomic E-state index is 0. The Morgan fingerprint density at radius 1 is 0.909 bits per heavy atom. The van der Waals surface area contributed by atoms with Gasteiger partial charge in [0, 0.05) is 0 Å². The van der Waals surface area contributed by atoms with Crippen LogP contribution in [0.25, 0.3) is 0 Å². The summed E-state index contributed by atoms with van der Waals surface area (Å²) in [6.07, 6.45) is 19.0. The Kier molecular flexibility index (Phi) is 9.80. The van der Waals surface area contributed by atoms with Gasteiger partial charge in [-0.05, 0) is 112 Å². The topological polar surface area (TPSA) is 9.23 Å². The molecule has 0 spiro atoms. The molecule has 33 heavy (non-hydrogen) atoms. The Labute approximate surface area is 208 Å². The Hall–Kier alpha value is -0.300. The average Bonchev–Trinajstić information content (AvgIpc) is 3.05. The molecule has 0 amide bonds. The predicted octanol–water partition coefficient (Wildman–Crippen LogP) is 10.1. The summed E-state index contributed by atoms with van der Waals surface area (Å²) < 4.78 is 6.25. The van der Waals surface area contributed by atoms with E-state index in [2.05, 4.69) is 54.5 Å². The molecule has 0 aromatic rings. The Morgan fingerprint density at radius 3 is 2.30 bits per heavy atom. The van der Waals surface area contributed by atoms with Crippen LogP contribution in [-0.4, -0.2) is 12.2 Å². The molecule has 0 N–H and O–H groups in total. The number of allylic oxidation sites excluding steroid dienone is 1. The van der Waals surface area contributed by atoms with Crippen molar-refractivity contribution >= 4 is 0 Å². The third-order valence-corrected chi connectivity index (χ3v) is 10.7. The van der Waals surface area contributed by atoms with Crippen LogP contribution in [0.3, 0.4) is 0 Å². The van der Waals surface area contributed by atoms with Crippen molar-refractivity contribution in [3.8, 4) is 0 Å². The van der Waals surface area contributed by atoms with Gasteiger partial charge in [-0.2, -0.15) is 0 Å². The van der Waals surface area contributed by atoms with Gasteiger partial charge in [0.25, 0.3) is 0 Å². The normalized spacial score (nSPS) is 40.8. The van der Waals surface area contributed by atoms with Crippen LogP contribution in [0.1, 0.15) is 134 Å². The molecule has 3 saturated carbocycles. The van der Waals surface area contributed by atoms with Crippen molar-refractivity contribution < 1.29 is 4.74 Å². The molecular formula is C32H60O. The minimum Gasteiger partial charge on any atom is -0.375 e. The molecule has 7 unspecified atom stereocenters. The van der Waals surface area contributed by atoms with E-state index in [1.165, 1.54) is 70.6 Å². The average molecular weight is 461 g/mol. The molecule has 194 valence electrons. The molecule has 0 aromatic heterocycles. The van der Waals surface area contributed by atoms with Crippen LogP contribution in [0, 0.1) is 46.3 Å². The maximum atomic E-state index is 6.25. The fourth-order valence-corrected chi connectivity index (χ4v) is 9.15. The largest absolute Gasteiger partial charge is 0.375 e. The second-order valence-corrected chi connectivity index (χ2v) is 13.3. The third-order valence-electron chi connectivity index (χ3n) is 10.7. The van der Waals surface area contributed by atoms with Crippen molar-refractivity contribution in [3.63, 3.8) is 0 Å². The van der Waals surface area contributed by atoms with Crippen molar-refractivity contribution in [3.05, 3.63) is 11.6 Å². The van der Waals surface area contributed by atoms with Crippen molar-refractivity contribution in [1.82, 2.24) is 0 Å². The highest BCUT2D eigenvalue weighted by Crippen LogP contribution is 2.67. The number of fused-ring (bicyclic) bond motifs is 5. The monoisotopic (exact) mass is 460 g/mol. The SMILES string of the molecule is C.C.CC(C)CCCC(C)C1CCC2C3CC=C4C[C@@H](OC(C)C)CCC4(C)C3CCC12C. The van der Waals surface area contributed by atoms with E-state index in [-0.39, 0.29) is 14.9 Å². The van der Waals surface area contributed by atoms with Gasteiger partial charge in [0.15, 0.2) is 0 Å². The maximum Gasteiger partial charge on any atom is 0.0616 e. The van der Waals surface area contributed by atoms with Gasteiger partial charge >= 0.3 is 0 Å². The molecule has 1 heteroatoms. The Morgan fingerprint density at radius 2 is 1.64 bits per heavy atom. The van der Waals surface area contributed by atoms with Crippen LogP contribution in [0.15, 0.2) is 11.6 Å². The van der Waals surface area contributed by atoms with Crippen LogP contribution in [0.5, 0.6) is 0 Å². The first-order valence-electron chi connectivity index (χ1n) is 14.0. The highest BCUT2D eigenvalue weighted by Gasteiger charge is 2.59. The zero-order valence-electron chi connectivity index (χ0n) is 21.9. The summed E-state index contributed by atoms with van der Waals surface area (Å²) in [5.74, 6) is 5.60. The first kappa shape index (κ1) is 28.9. The summed E-state index contributed by atoms with van der Waals surface area (Å²) in [6.45, 7) is 17.1. The van der Waals surface area contributed by atoms with Gasteiger partial charge < -0.3 is 4.74 Å². The van der Waals surface area contributed by atoms with Gasteiger partial charge in [0.05, 0.1) is 12.2 Å². The summed E-state index contributed by atoms with van der Waals surface area (Å²) in [7, 11) is 0. The fourth-order valence-electron chi connectivity index (χ4n) is 9.15. The van der Waals surface area contributed by atoms with E-state index in [1.54, 1.807) is 5.57 Å². The molecule has 0 radical (unpaired) electrons. The molecule has 0 bridgehead atoms. The van der Waals surface area contributed by atoms with Crippen LogP contribution in [0.2, 0.25) is 0 Å². The number of hydrogen-bond donors (Lipinski definition) is 0. The van der Waals surface area contributed by atoms with Crippen molar-refractivity contribution in [2.24, 2.45) is 46.3 Å². The Bertz CT molecular complexity index is 647. The summed E-state index contributed by atoms with van der Waals surface area (Å²) in [6, 6.07) is 0. The lowest BCUT2D eigenvalue weighted by Gasteiger charge is -2.58. The fraction of sp³-hybridized carbons (Fsp3) is 0.938. The van der Waals surface area contributed by atoms with Crippen LogP contribution >= 0.6 is 0 Å². The summed E-state index contributed by atoms with van der Waals surface area (Å²) >= 11 is 0. The molecule has 0 aliphatic heterocycles. The lowest BCUT2D eigenvalue weighted by molar-refractivity contribution is -0.0707.